The minimum absolute atomic E-state index is 0.0190. The highest BCUT2D eigenvalue weighted by molar-refractivity contribution is 6.58. The molecule has 0 bridgehead atoms. The minimum Gasteiger partial charge on any atom is -0.493 e. The van der Waals surface area contributed by atoms with E-state index >= 15 is 0 Å². The molecule has 82 heavy (non-hydrogen) atoms. The van der Waals surface area contributed by atoms with Gasteiger partial charge in [-0.1, -0.05) is 246 Å². The van der Waals surface area contributed by atoms with Crippen LogP contribution in [0.4, 0.5) is 0 Å². The average Bonchev–Trinajstić information content (AvgIpc) is 2.12. The first-order valence-corrected chi connectivity index (χ1v) is 32.6. The molecule has 0 N–H and O–H groups in total. The topological polar surface area (TPSA) is 85.5 Å². The molecule has 0 aliphatic rings. The third-order valence-electron chi connectivity index (χ3n) is 16.0. The number of fused-ring (bicyclic) bond motifs is 1. The summed E-state index contributed by atoms with van der Waals surface area (Å²) in [6.45, 7) is 30.2. The van der Waals surface area contributed by atoms with Crippen molar-refractivity contribution in [1.82, 2.24) is 19.1 Å². The number of hydrogen-bond acceptors (Lipinski definition) is 6. The minimum atomic E-state index is 0.0190. The van der Waals surface area contributed by atoms with Gasteiger partial charge in [-0.05, 0) is 73.2 Å². The van der Waals surface area contributed by atoms with E-state index in [-0.39, 0.29) is 6.85 Å². The zero-order valence-electron chi connectivity index (χ0n) is 52.1. The predicted molar refractivity (Wildman–Crippen MR) is 349 cm³/mol. The van der Waals surface area contributed by atoms with E-state index in [0.29, 0.717) is 47.7 Å². The largest absolute Gasteiger partial charge is 0.493 e. The van der Waals surface area contributed by atoms with E-state index in [4.69, 9.17) is 19.4 Å². The Balaban J connectivity index is 1.93. The van der Waals surface area contributed by atoms with Crippen LogP contribution in [-0.4, -0.2) is 52.3 Å². The van der Waals surface area contributed by atoms with Gasteiger partial charge in [0.2, 0.25) is 5.70 Å². The number of ether oxygens (including phenoxy) is 2. The second-order valence-electron chi connectivity index (χ2n) is 23.9. The van der Waals surface area contributed by atoms with Gasteiger partial charge in [-0.15, -0.1) is 0 Å². The molecule has 0 saturated heterocycles. The molecule has 4 aromatic heterocycles. The Labute approximate surface area is 496 Å². The van der Waals surface area contributed by atoms with E-state index in [1.165, 1.54) is 103 Å². The van der Waals surface area contributed by atoms with Gasteiger partial charge < -0.3 is 19.0 Å². The van der Waals surface area contributed by atoms with Gasteiger partial charge in [-0.2, -0.15) is 5.26 Å². The summed E-state index contributed by atoms with van der Waals surface area (Å²) in [5.74, 6) is 2.25. The Kier molecular flexibility index (Phi) is 28.8. The Hall–Kier alpha value is -6.26. The Morgan fingerprint density at radius 1 is 0.549 bits per heavy atom. The number of pyridine rings is 2. The summed E-state index contributed by atoms with van der Waals surface area (Å²) in [5.41, 5.74) is 6.19. The first-order chi connectivity index (χ1) is 40.2. The molecule has 6 aromatic rings. The van der Waals surface area contributed by atoms with Crippen LogP contribution in [0.5, 0.6) is 11.5 Å². The maximum absolute atomic E-state index is 12.1. The SMILES string of the molecule is [C-]#[N+]/C(c1ccccn1)=c1\c2c(-c3cccc(OCC(C)C)c3)n(B(CCCCCCCC)CCCCCCCC)/c(=C(/C#N)c3ccccn3)c2c(-c2cccc(OCC(C)C)c2)n1N(CCCCCCCC)CCCCCCCC. The van der Waals surface area contributed by atoms with Crippen molar-refractivity contribution >= 4 is 28.9 Å². The monoisotopic (exact) mass is 1110 g/mol. The smallest absolute Gasteiger partial charge is 0.260 e. The quantitative estimate of drug-likeness (QED) is 0.0216. The molecule has 0 amide bonds. The predicted octanol–water partition coefficient (Wildman–Crippen LogP) is 18.7. The number of benzene rings is 2. The average molecular weight is 1110 g/mol. The van der Waals surface area contributed by atoms with Crippen LogP contribution in [0.1, 0.15) is 221 Å². The van der Waals surface area contributed by atoms with Crippen molar-refractivity contribution < 1.29 is 9.47 Å². The van der Waals surface area contributed by atoms with Crippen LogP contribution in [0.2, 0.25) is 12.6 Å². The Bertz CT molecular complexity index is 2770. The number of rotatable bonds is 40. The molecule has 6 rings (SSSR count). The van der Waals surface area contributed by atoms with Crippen LogP contribution >= 0.6 is 0 Å². The van der Waals surface area contributed by atoms with Gasteiger partial charge in [0.05, 0.1) is 47.6 Å². The van der Waals surface area contributed by atoms with Gasteiger partial charge in [-0.3, -0.25) is 14.6 Å². The van der Waals surface area contributed by atoms with Crippen molar-refractivity contribution in [3.63, 3.8) is 0 Å². The van der Waals surface area contributed by atoms with Gasteiger partial charge in [0.15, 0.2) is 0 Å². The number of hydrogen-bond donors (Lipinski definition) is 0. The van der Waals surface area contributed by atoms with Gasteiger partial charge >= 0.3 is 0 Å². The fourth-order valence-corrected chi connectivity index (χ4v) is 11.7. The van der Waals surface area contributed by atoms with Crippen LogP contribution < -0.4 is 25.2 Å². The Morgan fingerprint density at radius 2 is 0.988 bits per heavy atom. The van der Waals surface area contributed by atoms with Crippen molar-refractivity contribution in [2.24, 2.45) is 11.8 Å². The highest BCUT2D eigenvalue weighted by Crippen LogP contribution is 2.39. The van der Waals surface area contributed by atoms with Crippen LogP contribution in [-0.2, 0) is 0 Å². The fourth-order valence-electron chi connectivity index (χ4n) is 11.7. The maximum Gasteiger partial charge on any atom is 0.260 e. The van der Waals surface area contributed by atoms with Crippen LogP contribution in [0.25, 0.3) is 49.4 Å². The van der Waals surface area contributed by atoms with E-state index in [0.717, 1.165) is 133 Å². The van der Waals surface area contributed by atoms with Gasteiger partial charge in [0.25, 0.3) is 6.85 Å². The summed E-state index contributed by atoms with van der Waals surface area (Å²) in [5, 5.41) is 18.3. The zero-order valence-corrected chi connectivity index (χ0v) is 52.1. The first-order valence-electron chi connectivity index (χ1n) is 32.6. The van der Waals surface area contributed by atoms with Crippen molar-refractivity contribution in [2.45, 2.75) is 222 Å². The van der Waals surface area contributed by atoms with Gasteiger partial charge in [0.1, 0.15) is 23.1 Å². The van der Waals surface area contributed by atoms with Crippen molar-refractivity contribution in [1.29, 1.82) is 5.26 Å². The number of unbranched alkanes of at least 4 members (excludes halogenated alkanes) is 20. The van der Waals surface area contributed by atoms with Crippen molar-refractivity contribution in [2.75, 3.05) is 31.3 Å². The normalized spacial score (nSPS) is 12.2. The van der Waals surface area contributed by atoms with E-state index in [2.05, 4.69) is 129 Å². The van der Waals surface area contributed by atoms with E-state index in [1.807, 2.05) is 48.8 Å². The molecule has 0 aliphatic heterocycles. The Morgan fingerprint density at radius 3 is 1.43 bits per heavy atom. The third kappa shape index (κ3) is 18.9. The number of nitrogens with zero attached hydrogens (tertiary/aromatic N) is 7. The summed E-state index contributed by atoms with van der Waals surface area (Å²) in [6, 6.07) is 32.1. The molecule has 0 fully saturated rings. The summed E-state index contributed by atoms with van der Waals surface area (Å²) >= 11 is 0. The molecule has 0 spiro atoms. The van der Waals surface area contributed by atoms with Gasteiger partial charge in [0, 0.05) is 53.1 Å². The first kappa shape index (κ1) is 64.9. The van der Waals surface area contributed by atoms with Crippen molar-refractivity contribution in [3.05, 3.63) is 131 Å². The lowest BCUT2D eigenvalue weighted by Gasteiger charge is -2.30. The molecule has 4 heterocycles. The molecule has 10 heteroatoms. The molecule has 0 saturated carbocycles. The summed E-state index contributed by atoms with van der Waals surface area (Å²) in [4.78, 5) is 14.7. The molecule has 9 nitrogen and oxygen atoms in total. The van der Waals surface area contributed by atoms with Crippen LogP contribution in [0.3, 0.4) is 0 Å². The standard InChI is InChI=1S/C72H102BN7O2/c1-10-14-18-22-26-32-46-73(47-33-27-23-19-15-11-2)79-69(59-40-38-42-61(52-59)81-55-57(5)6)66-67(71(79)63(54-74)64-44-30-34-48-76-64)70(60-41-39-43-62(53-60)82-56-58(7)8)80(72(66)68(75-9)65-45-31-35-49-77-65)78(50-36-28-24-20-16-12-3)51-37-29-25-21-17-13-4/h30-31,34-35,38-45,48-49,52-53,57-58H,10-29,32-33,36-37,46-47,50-51,55-56H2,1-8H3/b71-63-,72-68+. The summed E-state index contributed by atoms with van der Waals surface area (Å²) < 4.78 is 18.4. The molecule has 440 valence electrons. The van der Waals surface area contributed by atoms with Crippen molar-refractivity contribution in [3.8, 4) is 40.1 Å². The van der Waals surface area contributed by atoms with Crippen LogP contribution in [0, 0.1) is 29.7 Å². The second-order valence-corrected chi connectivity index (χ2v) is 23.9. The number of aromatic nitrogens is 4. The highest BCUT2D eigenvalue weighted by Gasteiger charge is 2.34. The van der Waals surface area contributed by atoms with E-state index < -0.39 is 0 Å². The molecule has 0 atom stereocenters. The maximum atomic E-state index is 12.1. The molecule has 0 radical (unpaired) electrons. The molecular formula is C72H102BN7O2. The lowest BCUT2D eigenvalue weighted by atomic mass is 9.53. The molecule has 0 unspecified atom stereocenters. The van der Waals surface area contributed by atoms with E-state index in [9.17, 15) is 11.8 Å². The zero-order chi connectivity index (χ0) is 58.3. The van der Waals surface area contributed by atoms with Gasteiger partial charge in [-0.25, -0.2) is 4.85 Å². The lowest BCUT2D eigenvalue weighted by Crippen LogP contribution is -2.44. The lowest BCUT2D eigenvalue weighted by molar-refractivity contribution is 0.271. The molecular weight excluding hydrogens is 1010 g/mol. The fraction of sp³-hybridized carbons (Fsp3) is 0.556. The molecule has 2 aromatic carbocycles. The van der Waals surface area contributed by atoms with E-state index in [1.54, 1.807) is 0 Å². The third-order valence-corrected chi connectivity index (χ3v) is 16.0. The summed E-state index contributed by atoms with van der Waals surface area (Å²) in [7, 11) is 0. The van der Waals surface area contributed by atoms with Crippen LogP contribution in [0.15, 0.2) is 97.3 Å². The second kappa shape index (κ2) is 36.4. The number of nitriles is 1. The summed E-state index contributed by atoms with van der Waals surface area (Å²) in [6.07, 6.45) is 33.8. The highest BCUT2D eigenvalue weighted by atomic mass is 16.5. The molecule has 0 aliphatic carbocycles.